The fourth-order valence-electron chi connectivity index (χ4n) is 12.0. The van der Waals surface area contributed by atoms with Gasteiger partial charge in [0, 0.05) is 65.1 Å². The van der Waals surface area contributed by atoms with Crippen molar-refractivity contribution < 1.29 is 0 Å². The van der Waals surface area contributed by atoms with Crippen molar-refractivity contribution in [1.82, 2.24) is 13.4 Å². The monoisotopic (exact) mass is 863 g/mol. The van der Waals surface area contributed by atoms with Gasteiger partial charge in [0.1, 0.15) is 0 Å². The van der Waals surface area contributed by atoms with Gasteiger partial charge in [0.15, 0.2) is 0 Å². The summed E-state index contributed by atoms with van der Waals surface area (Å²) in [5, 5.41) is 15.7. The predicted molar refractivity (Wildman–Crippen MR) is 289 cm³/mol. The second-order valence-electron chi connectivity index (χ2n) is 22.7. The zero-order valence-corrected chi connectivity index (χ0v) is 39.9. The van der Waals surface area contributed by atoms with E-state index in [9.17, 15) is 0 Å². The molecular weight excluding hydrogens is 811 g/mol. The molecule has 3 nitrogen and oxygen atoms in total. The van der Waals surface area contributed by atoms with Gasteiger partial charge in [-0.05, 0) is 134 Å². The van der Waals surface area contributed by atoms with Crippen molar-refractivity contribution in [2.45, 2.75) is 78.6 Å². The summed E-state index contributed by atoms with van der Waals surface area (Å²) in [6, 6.07) is 60.8. The van der Waals surface area contributed by atoms with Gasteiger partial charge in [-0.3, -0.25) is 0 Å². The third-order valence-electron chi connectivity index (χ3n) is 15.5. The van der Waals surface area contributed by atoms with E-state index in [4.69, 9.17) is 0 Å². The molecule has 0 saturated carbocycles. The van der Waals surface area contributed by atoms with Crippen molar-refractivity contribution in [1.29, 1.82) is 0 Å². The quantitative estimate of drug-likeness (QED) is 0.164. The van der Waals surface area contributed by atoms with Gasteiger partial charge in [0.2, 0.25) is 0 Å². The van der Waals surface area contributed by atoms with Crippen LogP contribution in [0.3, 0.4) is 0 Å². The van der Waals surface area contributed by atoms with Gasteiger partial charge >= 0.3 is 0 Å². The summed E-state index contributed by atoms with van der Waals surface area (Å²) in [6.07, 6.45) is 0. The number of fused-ring (bicyclic) bond motifs is 17. The first-order chi connectivity index (χ1) is 32.1. The highest BCUT2D eigenvalue weighted by Gasteiger charge is 2.29. The average molecular weight is 864 g/mol. The Morgan fingerprint density at radius 3 is 1.58 bits per heavy atom. The lowest BCUT2D eigenvalue weighted by atomic mass is 9.83. The smallest absolute Gasteiger partial charge is 0.0627 e. The standard InChI is InChI=1S/C64H53N3/c1-62(2,3)38-24-26-55-46(29-38)49-31-40(64(7,8)9)32-50-47-34-57-52(35-56(47)66(55)60(49)50)58-42-20-14-13-17-36(42)28-48-51-33-39(63(4,5)6)30-44(59(51)67(57)61(48)58)37-23-25-54-45(27-37)43-21-15-16-22-53(43)65(54)41-18-11-10-12-19-41/h10-35H,1-9H3. The van der Waals surface area contributed by atoms with Crippen molar-refractivity contribution in [3.05, 3.63) is 174 Å². The molecule has 5 aromatic heterocycles. The molecule has 14 aromatic rings. The number of aromatic nitrogens is 3. The molecule has 0 aliphatic carbocycles. The van der Waals surface area contributed by atoms with Crippen LogP contribution in [0.1, 0.15) is 79.0 Å². The van der Waals surface area contributed by atoms with E-state index in [2.05, 4.69) is 233 Å². The summed E-state index contributed by atoms with van der Waals surface area (Å²) in [5.41, 5.74) is 17.9. The maximum Gasteiger partial charge on any atom is 0.0627 e. The second-order valence-corrected chi connectivity index (χ2v) is 22.7. The van der Waals surface area contributed by atoms with Crippen molar-refractivity contribution >= 4 is 109 Å². The fraction of sp³-hybridized carbons (Fsp3) is 0.188. The molecule has 0 aliphatic rings. The Bertz CT molecular complexity index is 4410. The summed E-state index contributed by atoms with van der Waals surface area (Å²) in [6.45, 7) is 21.1. The van der Waals surface area contributed by atoms with Crippen LogP contribution in [0.5, 0.6) is 0 Å². The van der Waals surface area contributed by atoms with E-state index in [0.717, 1.165) is 0 Å². The molecule has 0 saturated heterocycles. The lowest BCUT2D eigenvalue weighted by Gasteiger charge is -2.21. The van der Waals surface area contributed by atoms with Crippen LogP contribution in [0.15, 0.2) is 158 Å². The van der Waals surface area contributed by atoms with Gasteiger partial charge in [-0.1, -0.05) is 135 Å². The summed E-state index contributed by atoms with van der Waals surface area (Å²) >= 11 is 0. The Kier molecular flexibility index (Phi) is 7.39. The van der Waals surface area contributed by atoms with Gasteiger partial charge in [0.05, 0.1) is 44.1 Å². The molecule has 0 unspecified atom stereocenters. The van der Waals surface area contributed by atoms with Crippen molar-refractivity contribution in [3.8, 4) is 16.8 Å². The maximum atomic E-state index is 2.66. The molecule has 0 amide bonds. The van der Waals surface area contributed by atoms with E-state index < -0.39 is 0 Å². The molecular formula is C64H53N3. The van der Waals surface area contributed by atoms with Crippen LogP contribution in [-0.4, -0.2) is 13.4 Å². The summed E-state index contributed by atoms with van der Waals surface area (Å²) < 4.78 is 7.67. The Hall–Kier alpha value is -7.36. The van der Waals surface area contributed by atoms with Crippen molar-refractivity contribution in [2.24, 2.45) is 0 Å². The Labute approximate surface area is 390 Å². The molecule has 0 atom stereocenters. The molecule has 0 fully saturated rings. The van der Waals surface area contributed by atoms with Crippen molar-refractivity contribution in [2.75, 3.05) is 0 Å². The summed E-state index contributed by atoms with van der Waals surface area (Å²) in [7, 11) is 0. The van der Waals surface area contributed by atoms with E-state index in [1.165, 1.54) is 142 Å². The maximum absolute atomic E-state index is 2.66. The molecule has 5 heterocycles. The predicted octanol–water partition coefficient (Wildman–Crippen LogP) is 17.8. The first-order valence-corrected chi connectivity index (χ1v) is 24.1. The van der Waals surface area contributed by atoms with Crippen LogP contribution < -0.4 is 0 Å². The van der Waals surface area contributed by atoms with Crippen LogP contribution in [0.25, 0.3) is 126 Å². The van der Waals surface area contributed by atoms with Crippen molar-refractivity contribution in [3.63, 3.8) is 0 Å². The molecule has 0 radical (unpaired) electrons. The highest BCUT2D eigenvalue weighted by Crippen LogP contribution is 2.50. The zero-order valence-electron chi connectivity index (χ0n) is 39.9. The number of rotatable bonds is 2. The van der Waals surface area contributed by atoms with Gasteiger partial charge in [-0.25, -0.2) is 0 Å². The number of hydrogen-bond donors (Lipinski definition) is 0. The van der Waals surface area contributed by atoms with Crippen LogP contribution in [0, 0.1) is 0 Å². The molecule has 14 rings (SSSR count). The molecule has 67 heavy (non-hydrogen) atoms. The van der Waals surface area contributed by atoms with Gasteiger partial charge in [0.25, 0.3) is 0 Å². The molecule has 0 N–H and O–H groups in total. The van der Waals surface area contributed by atoms with E-state index in [-0.39, 0.29) is 16.2 Å². The van der Waals surface area contributed by atoms with Gasteiger partial charge in [-0.15, -0.1) is 0 Å². The van der Waals surface area contributed by atoms with E-state index in [1.54, 1.807) is 0 Å². The van der Waals surface area contributed by atoms with Gasteiger partial charge < -0.3 is 13.4 Å². The van der Waals surface area contributed by atoms with Crippen LogP contribution in [0.4, 0.5) is 0 Å². The Morgan fingerprint density at radius 1 is 0.313 bits per heavy atom. The lowest BCUT2D eigenvalue weighted by molar-refractivity contribution is 0.590. The lowest BCUT2D eigenvalue weighted by Crippen LogP contribution is -2.11. The highest BCUT2D eigenvalue weighted by atomic mass is 15.0. The van der Waals surface area contributed by atoms with E-state index in [1.807, 2.05) is 0 Å². The number of hydrogen-bond acceptors (Lipinski definition) is 0. The normalized spacial score (nSPS) is 13.4. The number of benzene rings is 9. The summed E-state index contributed by atoms with van der Waals surface area (Å²) in [4.78, 5) is 0. The molecule has 0 bridgehead atoms. The third kappa shape index (κ3) is 5.18. The topological polar surface area (TPSA) is 13.8 Å². The van der Waals surface area contributed by atoms with E-state index >= 15 is 0 Å². The minimum atomic E-state index is -0.0688. The summed E-state index contributed by atoms with van der Waals surface area (Å²) in [5.74, 6) is 0. The van der Waals surface area contributed by atoms with Crippen LogP contribution in [0.2, 0.25) is 0 Å². The Morgan fingerprint density at radius 2 is 0.851 bits per heavy atom. The number of nitrogens with zero attached hydrogens (tertiary/aromatic N) is 3. The molecule has 324 valence electrons. The van der Waals surface area contributed by atoms with Crippen LogP contribution in [-0.2, 0) is 16.2 Å². The fourth-order valence-corrected chi connectivity index (χ4v) is 12.0. The third-order valence-corrected chi connectivity index (χ3v) is 15.5. The minimum absolute atomic E-state index is 0.0215. The average Bonchev–Trinajstić information content (AvgIpc) is 4.09. The SMILES string of the molecule is CC(C)(C)c1ccc2c(c1)c1cc(C(C)(C)C)cc3c4cc5c(cc4n2c13)c1c2ccccc2cc2c3cc(C(C)(C)C)cc(-c4ccc6c(c4)c4ccccc4n6-c4ccccc4)c3n5c21. The van der Waals surface area contributed by atoms with E-state index in [0.29, 0.717) is 0 Å². The van der Waals surface area contributed by atoms with Gasteiger partial charge in [-0.2, -0.15) is 0 Å². The largest absolute Gasteiger partial charge is 0.309 e. The zero-order chi connectivity index (χ0) is 45.6. The first kappa shape index (κ1) is 38.9. The molecule has 3 heteroatoms. The second kappa shape index (κ2) is 12.7. The Balaban J connectivity index is 1.16. The van der Waals surface area contributed by atoms with Crippen LogP contribution >= 0.6 is 0 Å². The number of para-hydroxylation sites is 2. The molecule has 9 aromatic carbocycles. The molecule has 0 aliphatic heterocycles. The first-order valence-electron chi connectivity index (χ1n) is 24.1. The molecule has 0 spiro atoms. The highest BCUT2D eigenvalue weighted by molar-refractivity contribution is 6.35. The minimum Gasteiger partial charge on any atom is -0.309 e.